The van der Waals surface area contributed by atoms with Crippen LogP contribution in [0.1, 0.15) is 28.0 Å². The van der Waals surface area contributed by atoms with Crippen LogP contribution in [0.5, 0.6) is 0 Å². The number of nitrogens with zero attached hydrogens (tertiary/aromatic N) is 2. The molecule has 1 aliphatic rings. The molecule has 0 aliphatic heterocycles. The molecule has 0 N–H and O–H groups in total. The van der Waals surface area contributed by atoms with E-state index in [1.165, 1.54) is 5.56 Å². The zero-order valence-corrected chi connectivity index (χ0v) is 10.0. The van der Waals surface area contributed by atoms with Gasteiger partial charge in [-0.25, -0.2) is 0 Å². The number of aryl methyl sites for hydroxylation is 2. The highest BCUT2D eigenvalue weighted by Gasteiger charge is 2.20. The van der Waals surface area contributed by atoms with Crippen molar-refractivity contribution < 1.29 is 4.79 Å². The Morgan fingerprint density at radius 2 is 2.06 bits per heavy atom. The number of ketones is 1. The highest BCUT2D eigenvalue weighted by atomic mass is 16.1. The first-order chi connectivity index (χ1) is 8.16. The third kappa shape index (κ3) is 1.50. The summed E-state index contributed by atoms with van der Waals surface area (Å²) in [5.74, 6) is 0.273. The standard InChI is InChI=1S/C14H14N2O/c1-9-13(8-15-16(9)2)11-3-5-12-10(7-11)4-6-14(12)17/h3,5,7-8H,4,6H2,1-2H3. The molecule has 0 atom stereocenters. The van der Waals surface area contributed by atoms with Crippen molar-refractivity contribution in [2.24, 2.45) is 7.05 Å². The van der Waals surface area contributed by atoms with Crippen molar-refractivity contribution in [1.82, 2.24) is 9.78 Å². The van der Waals surface area contributed by atoms with E-state index < -0.39 is 0 Å². The molecule has 0 saturated heterocycles. The molecule has 0 bridgehead atoms. The van der Waals surface area contributed by atoms with Crippen molar-refractivity contribution in [3.63, 3.8) is 0 Å². The summed E-state index contributed by atoms with van der Waals surface area (Å²) in [6.07, 6.45) is 3.42. The van der Waals surface area contributed by atoms with Crippen LogP contribution in [-0.2, 0) is 13.5 Å². The number of carbonyl (C=O) groups excluding carboxylic acids is 1. The Kier molecular flexibility index (Phi) is 2.15. The van der Waals surface area contributed by atoms with Gasteiger partial charge in [-0.2, -0.15) is 5.10 Å². The van der Waals surface area contributed by atoms with Crippen LogP contribution in [0.15, 0.2) is 24.4 Å². The Morgan fingerprint density at radius 3 is 2.76 bits per heavy atom. The minimum absolute atomic E-state index is 0.273. The molecule has 0 fully saturated rings. The fourth-order valence-corrected chi connectivity index (χ4v) is 2.41. The predicted molar refractivity (Wildman–Crippen MR) is 66.0 cm³/mol. The molecular formula is C14H14N2O. The smallest absolute Gasteiger partial charge is 0.163 e. The zero-order valence-electron chi connectivity index (χ0n) is 10.0. The van der Waals surface area contributed by atoms with Gasteiger partial charge in [0.2, 0.25) is 0 Å². The second kappa shape index (κ2) is 3.55. The number of hydrogen-bond donors (Lipinski definition) is 0. The van der Waals surface area contributed by atoms with Gasteiger partial charge in [0, 0.05) is 30.3 Å². The quantitative estimate of drug-likeness (QED) is 0.749. The number of rotatable bonds is 1. The van der Waals surface area contributed by atoms with E-state index in [2.05, 4.69) is 18.1 Å². The Morgan fingerprint density at radius 1 is 1.24 bits per heavy atom. The van der Waals surface area contributed by atoms with Crippen LogP contribution < -0.4 is 0 Å². The van der Waals surface area contributed by atoms with Gasteiger partial charge in [0.05, 0.1) is 6.20 Å². The van der Waals surface area contributed by atoms with E-state index in [-0.39, 0.29) is 5.78 Å². The van der Waals surface area contributed by atoms with Crippen LogP contribution in [0.3, 0.4) is 0 Å². The van der Waals surface area contributed by atoms with Gasteiger partial charge in [0.15, 0.2) is 5.78 Å². The molecule has 2 aromatic rings. The van der Waals surface area contributed by atoms with E-state index in [9.17, 15) is 4.79 Å². The lowest BCUT2D eigenvalue weighted by Gasteiger charge is -2.04. The van der Waals surface area contributed by atoms with Gasteiger partial charge in [0.1, 0.15) is 0 Å². The highest BCUT2D eigenvalue weighted by molar-refractivity contribution is 6.00. The Bertz CT molecular complexity index is 611. The summed E-state index contributed by atoms with van der Waals surface area (Å²) in [4.78, 5) is 11.6. The number of Topliss-reactive ketones (excluding diaryl/α,β-unsaturated/α-hetero) is 1. The zero-order chi connectivity index (χ0) is 12.0. The first-order valence-electron chi connectivity index (χ1n) is 5.82. The number of carbonyl (C=O) groups is 1. The van der Waals surface area contributed by atoms with Crippen LogP contribution in [0, 0.1) is 6.92 Å². The van der Waals surface area contributed by atoms with Crippen molar-refractivity contribution in [3.05, 3.63) is 41.2 Å². The average Bonchev–Trinajstić information content (AvgIpc) is 2.85. The SMILES string of the molecule is Cc1c(-c2ccc3c(c2)CCC3=O)cnn1C. The molecule has 0 amide bonds. The molecular weight excluding hydrogens is 212 g/mol. The third-order valence-electron chi connectivity index (χ3n) is 3.57. The minimum Gasteiger partial charge on any atom is -0.294 e. The van der Waals surface area contributed by atoms with Gasteiger partial charge >= 0.3 is 0 Å². The second-order valence-corrected chi connectivity index (χ2v) is 4.56. The average molecular weight is 226 g/mol. The fourth-order valence-electron chi connectivity index (χ4n) is 2.41. The summed E-state index contributed by atoms with van der Waals surface area (Å²) in [5.41, 5.74) is 5.53. The monoisotopic (exact) mass is 226 g/mol. The molecule has 1 heterocycles. The van der Waals surface area contributed by atoms with Crippen LogP contribution in [0.25, 0.3) is 11.1 Å². The van der Waals surface area contributed by atoms with E-state index in [0.717, 1.165) is 28.8 Å². The molecule has 1 aromatic heterocycles. The van der Waals surface area contributed by atoms with Crippen molar-refractivity contribution in [2.45, 2.75) is 19.8 Å². The van der Waals surface area contributed by atoms with Crippen molar-refractivity contribution >= 4 is 5.78 Å². The van der Waals surface area contributed by atoms with Crippen LogP contribution in [0.4, 0.5) is 0 Å². The number of aromatic nitrogens is 2. The van der Waals surface area contributed by atoms with E-state index in [0.29, 0.717) is 6.42 Å². The predicted octanol–water partition coefficient (Wildman–Crippen LogP) is 2.52. The molecule has 17 heavy (non-hydrogen) atoms. The first kappa shape index (κ1) is 10.3. The van der Waals surface area contributed by atoms with Crippen molar-refractivity contribution in [3.8, 4) is 11.1 Å². The van der Waals surface area contributed by atoms with E-state index in [4.69, 9.17) is 0 Å². The summed E-state index contributed by atoms with van der Waals surface area (Å²) < 4.78 is 1.87. The summed E-state index contributed by atoms with van der Waals surface area (Å²) in [5, 5.41) is 4.25. The maximum atomic E-state index is 11.6. The van der Waals surface area contributed by atoms with E-state index >= 15 is 0 Å². The molecule has 0 spiro atoms. The summed E-state index contributed by atoms with van der Waals surface area (Å²) in [7, 11) is 1.94. The maximum absolute atomic E-state index is 11.6. The molecule has 1 aromatic carbocycles. The van der Waals surface area contributed by atoms with Gasteiger partial charge < -0.3 is 0 Å². The van der Waals surface area contributed by atoms with Gasteiger partial charge in [0.25, 0.3) is 0 Å². The molecule has 86 valence electrons. The van der Waals surface area contributed by atoms with Gasteiger partial charge in [-0.05, 0) is 24.5 Å². The Labute approximate surface area is 100 Å². The first-order valence-corrected chi connectivity index (χ1v) is 5.82. The van der Waals surface area contributed by atoms with E-state index in [1.54, 1.807) is 0 Å². The topological polar surface area (TPSA) is 34.9 Å². The third-order valence-corrected chi connectivity index (χ3v) is 3.57. The molecule has 3 nitrogen and oxygen atoms in total. The number of hydrogen-bond acceptors (Lipinski definition) is 2. The Hall–Kier alpha value is -1.90. The van der Waals surface area contributed by atoms with Gasteiger partial charge in [-0.15, -0.1) is 0 Å². The summed E-state index contributed by atoms with van der Waals surface area (Å²) in [6, 6.07) is 6.10. The van der Waals surface area contributed by atoms with Crippen molar-refractivity contribution in [2.75, 3.05) is 0 Å². The minimum atomic E-state index is 0.273. The molecule has 3 rings (SSSR count). The number of benzene rings is 1. The molecule has 0 saturated carbocycles. The molecule has 1 aliphatic carbocycles. The van der Waals surface area contributed by atoms with Crippen molar-refractivity contribution in [1.29, 1.82) is 0 Å². The normalized spacial score (nSPS) is 14.1. The number of fused-ring (bicyclic) bond motifs is 1. The lowest BCUT2D eigenvalue weighted by Crippen LogP contribution is -1.93. The largest absolute Gasteiger partial charge is 0.294 e. The fraction of sp³-hybridized carbons (Fsp3) is 0.286. The van der Waals surface area contributed by atoms with E-state index in [1.807, 2.05) is 30.1 Å². The highest BCUT2D eigenvalue weighted by Crippen LogP contribution is 2.29. The molecule has 0 radical (unpaired) electrons. The molecule has 3 heteroatoms. The lowest BCUT2D eigenvalue weighted by molar-refractivity contribution is 0.0994. The van der Waals surface area contributed by atoms with Crippen LogP contribution >= 0.6 is 0 Å². The Balaban J connectivity index is 2.12. The second-order valence-electron chi connectivity index (χ2n) is 4.56. The van der Waals surface area contributed by atoms with Gasteiger partial charge in [-0.3, -0.25) is 9.48 Å². The summed E-state index contributed by atoms with van der Waals surface area (Å²) >= 11 is 0. The maximum Gasteiger partial charge on any atom is 0.163 e. The lowest BCUT2D eigenvalue weighted by atomic mass is 10.0. The van der Waals surface area contributed by atoms with Gasteiger partial charge in [-0.1, -0.05) is 18.2 Å². The summed E-state index contributed by atoms with van der Waals surface area (Å²) in [6.45, 7) is 2.06. The van der Waals surface area contributed by atoms with Crippen LogP contribution in [-0.4, -0.2) is 15.6 Å². The van der Waals surface area contributed by atoms with Crippen LogP contribution in [0.2, 0.25) is 0 Å². The molecule has 0 unspecified atom stereocenters.